The number of anilines is 1. The Morgan fingerprint density at radius 1 is 0.865 bits per heavy atom. The minimum atomic E-state index is -1.03. The molecule has 1 N–H and O–H groups in total. The smallest absolute Gasteiger partial charge is 0.419 e. The molecule has 2 bridgehead atoms. The van der Waals surface area contributed by atoms with Crippen LogP contribution in [0.4, 0.5) is 15.3 Å². The predicted molar refractivity (Wildman–Crippen MR) is 196 cm³/mol. The number of hydrogen-bond donors (Lipinski definition) is 1. The maximum absolute atomic E-state index is 14.3. The summed E-state index contributed by atoms with van der Waals surface area (Å²) in [5.74, 6) is -0.644. The van der Waals surface area contributed by atoms with Crippen LogP contribution in [0.25, 0.3) is 11.1 Å². The van der Waals surface area contributed by atoms with E-state index in [1.165, 1.54) is 30.3 Å². The lowest BCUT2D eigenvalue weighted by atomic mass is 9.96. The average molecular weight is 714 g/mol. The number of benzene rings is 2. The Balaban J connectivity index is 0.935. The Morgan fingerprint density at radius 2 is 1.58 bits per heavy atom. The van der Waals surface area contributed by atoms with Gasteiger partial charge >= 0.3 is 17.9 Å². The number of carbonyl (C=O) groups excluding carboxylic acids is 3. The van der Waals surface area contributed by atoms with Crippen LogP contribution in [-0.4, -0.2) is 130 Å². The van der Waals surface area contributed by atoms with Crippen molar-refractivity contribution >= 4 is 34.8 Å². The molecule has 3 atom stereocenters. The first-order valence-electron chi connectivity index (χ1n) is 19.1. The summed E-state index contributed by atoms with van der Waals surface area (Å²) in [6.45, 7) is 6.18. The fourth-order valence-corrected chi connectivity index (χ4v) is 9.58. The highest BCUT2D eigenvalue weighted by atomic mass is 16.6. The van der Waals surface area contributed by atoms with Crippen LogP contribution >= 0.6 is 0 Å². The molecule has 0 spiro atoms. The van der Waals surface area contributed by atoms with Crippen LogP contribution in [-0.2, 0) is 29.4 Å². The molecular formula is C39H51N7O6. The number of urea groups is 1. The second-order valence-electron chi connectivity index (χ2n) is 15.5. The fourth-order valence-electron chi connectivity index (χ4n) is 9.58. The summed E-state index contributed by atoms with van der Waals surface area (Å²) in [5.41, 5.74) is 4.74. The van der Waals surface area contributed by atoms with Crippen molar-refractivity contribution in [3.05, 3.63) is 63.6 Å². The topological polar surface area (TPSA) is 124 Å². The van der Waals surface area contributed by atoms with Gasteiger partial charge in [0.15, 0.2) is 11.7 Å². The third kappa shape index (κ3) is 6.68. The zero-order chi connectivity index (χ0) is 36.1. The van der Waals surface area contributed by atoms with E-state index in [-0.39, 0.29) is 24.4 Å². The molecule has 13 nitrogen and oxygen atoms in total. The first-order chi connectivity index (χ1) is 25.1. The Labute approximate surface area is 304 Å². The van der Waals surface area contributed by atoms with Gasteiger partial charge in [0.05, 0.1) is 5.52 Å². The van der Waals surface area contributed by atoms with E-state index in [4.69, 9.17) is 9.15 Å². The summed E-state index contributed by atoms with van der Waals surface area (Å²) in [5, 5.41) is 3.05. The van der Waals surface area contributed by atoms with E-state index in [2.05, 4.69) is 22.2 Å². The number of fused-ring (bicyclic) bond motifs is 4. The summed E-state index contributed by atoms with van der Waals surface area (Å²) >= 11 is 0. The molecule has 1 aromatic heterocycles. The monoisotopic (exact) mass is 713 g/mol. The number of ether oxygens (including phenoxy) is 1. The summed E-state index contributed by atoms with van der Waals surface area (Å²) in [7, 11) is 3.93. The SMILES string of the molecule is Cc1cc(CC(OC(=O)N2CCC(N3CCc4ccccc4NC3=O)CC2)C(=O)N2CCN(C3CC4CCC(C3)N4C)CC2)cc2oc(=O)n(C)c12. The van der Waals surface area contributed by atoms with E-state index in [0.717, 1.165) is 41.9 Å². The minimum Gasteiger partial charge on any atom is -0.436 e. The summed E-state index contributed by atoms with van der Waals surface area (Å²) in [6.07, 6.45) is 5.57. The number of likely N-dealkylation sites (tertiary alicyclic amines) is 1. The highest BCUT2D eigenvalue weighted by Crippen LogP contribution is 2.36. The number of carbonyl (C=O) groups is 3. The number of hydrogen-bond acceptors (Lipinski definition) is 8. The van der Waals surface area contributed by atoms with Gasteiger partial charge in [0, 0.05) is 89.1 Å². The lowest BCUT2D eigenvalue weighted by Crippen LogP contribution is -2.57. The molecule has 3 unspecified atom stereocenters. The number of nitrogens with one attached hydrogen (secondary N) is 1. The van der Waals surface area contributed by atoms with E-state index in [9.17, 15) is 19.2 Å². The van der Waals surface area contributed by atoms with Crippen LogP contribution in [0.1, 0.15) is 55.2 Å². The number of oxazole rings is 1. The zero-order valence-electron chi connectivity index (χ0n) is 30.6. The van der Waals surface area contributed by atoms with Crippen molar-refractivity contribution in [2.75, 3.05) is 58.2 Å². The van der Waals surface area contributed by atoms with Crippen molar-refractivity contribution in [3.63, 3.8) is 0 Å². The minimum absolute atomic E-state index is 0.00192. The van der Waals surface area contributed by atoms with Gasteiger partial charge in [0.25, 0.3) is 5.91 Å². The van der Waals surface area contributed by atoms with Gasteiger partial charge in [0.2, 0.25) is 0 Å². The molecule has 4 saturated heterocycles. The quantitative estimate of drug-likeness (QED) is 0.410. The van der Waals surface area contributed by atoms with E-state index in [1.807, 2.05) is 47.1 Å². The Kier molecular flexibility index (Phi) is 9.50. The zero-order valence-corrected chi connectivity index (χ0v) is 30.6. The number of rotatable bonds is 6. The number of nitrogens with zero attached hydrogens (tertiary/aromatic N) is 6. The van der Waals surface area contributed by atoms with Crippen molar-refractivity contribution in [2.24, 2.45) is 7.05 Å². The number of aromatic nitrogens is 1. The molecule has 5 aliphatic rings. The Morgan fingerprint density at radius 3 is 2.31 bits per heavy atom. The van der Waals surface area contributed by atoms with Gasteiger partial charge < -0.3 is 34.1 Å². The van der Waals surface area contributed by atoms with Crippen molar-refractivity contribution in [1.29, 1.82) is 0 Å². The third-order valence-corrected chi connectivity index (χ3v) is 12.6. The molecule has 0 saturated carbocycles. The average Bonchev–Trinajstić information content (AvgIpc) is 3.44. The fraction of sp³-hybridized carbons (Fsp3) is 0.590. The van der Waals surface area contributed by atoms with Crippen LogP contribution in [0.3, 0.4) is 0 Å². The summed E-state index contributed by atoms with van der Waals surface area (Å²) in [4.78, 5) is 64.0. The molecule has 0 aliphatic carbocycles. The first-order valence-corrected chi connectivity index (χ1v) is 19.1. The molecule has 3 aromatic rings. The molecule has 6 heterocycles. The van der Waals surface area contributed by atoms with Crippen LogP contribution in [0.5, 0.6) is 0 Å². The molecule has 8 rings (SSSR count). The Bertz CT molecular complexity index is 1880. The van der Waals surface area contributed by atoms with Gasteiger partial charge in [-0.2, -0.15) is 0 Å². The number of para-hydroxylation sites is 1. The maximum atomic E-state index is 14.3. The van der Waals surface area contributed by atoms with E-state index >= 15 is 0 Å². The molecular weight excluding hydrogens is 662 g/mol. The maximum Gasteiger partial charge on any atom is 0.419 e. The number of piperidine rings is 2. The predicted octanol–water partition coefficient (Wildman–Crippen LogP) is 3.81. The second kappa shape index (κ2) is 14.2. The van der Waals surface area contributed by atoms with Gasteiger partial charge in [-0.25, -0.2) is 14.4 Å². The highest BCUT2D eigenvalue weighted by Gasteiger charge is 2.42. The molecule has 4 amide bonds. The molecule has 0 radical (unpaired) electrons. The highest BCUT2D eigenvalue weighted by molar-refractivity contribution is 5.91. The van der Waals surface area contributed by atoms with Crippen LogP contribution in [0.2, 0.25) is 0 Å². The van der Waals surface area contributed by atoms with Crippen molar-refractivity contribution in [3.8, 4) is 0 Å². The lowest BCUT2D eigenvalue weighted by molar-refractivity contribution is -0.143. The number of amides is 4. The van der Waals surface area contributed by atoms with Gasteiger partial charge in [0.1, 0.15) is 0 Å². The lowest BCUT2D eigenvalue weighted by Gasteiger charge is -2.45. The molecule has 13 heteroatoms. The molecule has 5 aliphatic heterocycles. The normalized spacial score (nSPS) is 25.2. The molecule has 4 fully saturated rings. The Hall–Kier alpha value is -4.36. The van der Waals surface area contributed by atoms with Crippen molar-refractivity contribution < 1.29 is 23.5 Å². The first kappa shape index (κ1) is 34.7. The van der Waals surface area contributed by atoms with Crippen LogP contribution < -0.4 is 11.1 Å². The van der Waals surface area contributed by atoms with Gasteiger partial charge in [-0.15, -0.1) is 0 Å². The van der Waals surface area contributed by atoms with Gasteiger partial charge in [-0.3, -0.25) is 14.3 Å². The standard InChI is InChI=1S/C39H51N7O6/c1-25-20-26(21-33-35(25)42(3)38(49)51-33)22-34(36(47)44-18-16-43(17-19-44)31-23-29-8-9-30(24-31)41(29)2)52-39(50)45-13-11-28(12-14-45)46-15-10-27-6-4-5-7-32(27)40-37(46)48/h4-7,20-21,28-31,34H,8-19,22-24H2,1-3H3,(H,40,48). The second-order valence-corrected chi connectivity index (χ2v) is 15.5. The summed E-state index contributed by atoms with van der Waals surface area (Å²) < 4.78 is 13.1. The van der Waals surface area contributed by atoms with Gasteiger partial charge in [-0.05, 0) is 87.7 Å². The third-order valence-electron chi connectivity index (χ3n) is 12.6. The van der Waals surface area contributed by atoms with Gasteiger partial charge in [-0.1, -0.05) is 24.3 Å². The largest absolute Gasteiger partial charge is 0.436 e. The van der Waals surface area contributed by atoms with E-state index in [0.29, 0.717) is 74.8 Å². The molecule has 278 valence electrons. The number of piperazine rings is 1. The molecule has 2 aromatic carbocycles. The van der Waals surface area contributed by atoms with E-state index < -0.39 is 18.0 Å². The van der Waals surface area contributed by atoms with Crippen molar-refractivity contribution in [1.82, 2.24) is 29.1 Å². The van der Waals surface area contributed by atoms with Crippen LogP contribution in [0.15, 0.2) is 45.6 Å². The summed E-state index contributed by atoms with van der Waals surface area (Å²) in [6, 6.07) is 13.4. The molecule has 52 heavy (non-hydrogen) atoms. The number of aryl methyl sites for hydroxylation is 2. The van der Waals surface area contributed by atoms with Crippen LogP contribution in [0, 0.1) is 6.92 Å². The van der Waals surface area contributed by atoms with E-state index in [1.54, 1.807) is 18.0 Å². The van der Waals surface area contributed by atoms with Crippen molar-refractivity contribution in [2.45, 2.75) is 88.6 Å².